The summed E-state index contributed by atoms with van der Waals surface area (Å²) in [5, 5.41) is 0. The van der Waals surface area contributed by atoms with Gasteiger partial charge in [0.2, 0.25) is 0 Å². The summed E-state index contributed by atoms with van der Waals surface area (Å²) in [7, 11) is 3.53. The Bertz CT molecular complexity index is 132. The fourth-order valence-corrected chi connectivity index (χ4v) is 1.60. The van der Waals surface area contributed by atoms with Gasteiger partial charge in [-0.2, -0.15) is 0 Å². The van der Waals surface area contributed by atoms with Crippen LogP contribution in [0.1, 0.15) is 27.7 Å². The summed E-state index contributed by atoms with van der Waals surface area (Å²) in [6.07, 6.45) is 0. The van der Waals surface area contributed by atoms with Crippen molar-refractivity contribution >= 4 is 19.5 Å². The van der Waals surface area contributed by atoms with Gasteiger partial charge in [-0.25, -0.2) is 0 Å². The summed E-state index contributed by atoms with van der Waals surface area (Å²) in [6.45, 7) is 8.58. The molecule has 0 aliphatic heterocycles. The Morgan fingerprint density at radius 2 is 1.56 bits per heavy atom. The van der Waals surface area contributed by atoms with E-state index in [1.807, 2.05) is 27.7 Å². The van der Waals surface area contributed by atoms with Crippen molar-refractivity contribution in [2.24, 2.45) is 0 Å². The highest BCUT2D eigenvalue weighted by molar-refractivity contribution is 6.36. The Morgan fingerprint density at radius 1 is 1.06 bits per heavy atom. The molecule has 0 unspecified atom stereocenters. The second-order valence-corrected chi connectivity index (χ2v) is 5.98. The molecule has 0 rings (SSSR count). The van der Waals surface area contributed by atoms with E-state index in [0.717, 1.165) is 6.61 Å². The van der Waals surface area contributed by atoms with Crippen LogP contribution in [0, 0.1) is 0 Å². The maximum absolute atomic E-state index is 5.39. The average molecular weight is 267 g/mol. The first-order chi connectivity index (χ1) is 7.41. The molecule has 0 N–H and O–H groups in total. The molecule has 3 radical (unpaired) electrons. The topological polar surface area (TPSA) is 46.2 Å². The molecule has 0 bridgehead atoms. The Morgan fingerprint density at radius 3 is 1.69 bits per heavy atom. The molecule has 0 heterocycles. The van der Waals surface area contributed by atoms with Crippen LogP contribution in [0.3, 0.4) is 0 Å². The molecular weight excluding hydrogens is 244 g/mol. The molecule has 0 aliphatic carbocycles. The molecule has 0 aliphatic rings. The molecule has 0 aromatic carbocycles. The molecule has 97 valence electrons. The summed E-state index contributed by atoms with van der Waals surface area (Å²) in [5.74, 6) is 0. The molecule has 0 aromatic heterocycles. The first-order valence-electron chi connectivity index (χ1n) is 4.95. The lowest BCUT2D eigenvalue weighted by atomic mass is 10.2. The lowest BCUT2D eigenvalue weighted by Crippen LogP contribution is -2.34. The third-order valence-corrected chi connectivity index (χ3v) is 3.03. The first kappa shape index (κ1) is 18.6. The minimum atomic E-state index is -1.48. The van der Waals surface area contributed by atoms with Crippen LogP contribution in [0.15, 0.2) is 0 Å². The second kappa shape index (κ2) is 11.7. The van der Waals surface area contributed by atoms with Crippen LogP contribution in [0.2, 0.25) is 0 Å². The summed E-state index contributed by atoms with van der Waals surface area (Å²) in [6, 6.07) is 0. The van der Waals surface area contributed by atoms with E-state index in [4.69, 9.17) is 17.7 Å². The first-order valence-corrected chi connectivity index (χ1v) is 6.99. The monoisotopic (exact) mass is 267 g/mol. The summed E-state index contributed by atoms with van der Waals surface area (Å²) in [4.78, 5) is 0. The molecule has 0 amide bonds. The molecule has 0 saturated carbocycles. The predicted octanol–water partition coefficient (Wildman–Crippen LogP) is 1.28. The van der Waals surface area contributed by atoms with E-state index in [1.165, 1.54) is 0 Å². The lowest BCUT2D eigenvalue weighted by molar-refractivity contribution is 0.0430. The van der Waals surface area contributed by atoms with Crippen molar-refractivity contribution in [2.75, 3.05) is 27.9 Å². The van der Waals surface area contributed by atoms with E-state index in [1.54, 1.807) is 21.3 Å². The molecule has 0 atom stereocenters. The molecule has 16 heavy (non-hydrogen) atoms. The molecular formula is C9H23O5Si2. The van der Waals surface area contributed by atoms with E-state index in [9.17, 15) is 0 Å². The van der Waals surface area contributed by atoms with Gasteiger partial charge in [0.25, 0.3) is 0 Å². The van der Waals surface area contributed by atoms with Gasteiger partial charge in [0.05, 0.1) is 5.60 Å². The summed E-state index contributed by atoms with van der Waals surface area (Å²) < 4.78 is 24.6. The Labute approximate surface area is 103 Å². The van der Waals surface area contributed by atoms with E-state index in [2.05, 4.69) is 4.43 Å². The maximum atomic E-state index is 5.39. The van der Waals surface area contributed by atoms with Crippen LogP contribution in [0.25, 0.3) is 0 Å². The number of rotatable bonds is 6. The summed E-state index contributed by atoms with van der Waals surface area (Å²) >= 11 is 0. The van der Waals surface area contributed by atoms with Gasteiger partial charge in [0.1, 0.15) is 0 Å². The van der Waals surface area contributed by atoms with E-state index in [-0.39, 0.29) is 15.6 Å². The molecule has 0 saturated heterocycles. The zero-order valence-electron chi connectivity index (χ0n) is 11.2. The van der Waals surface area contributed by atoms with Gasteiger partial charge in [-0.1, -0.05) is 0 Å². The number of hydrogen-bond acceptors (Lipinski definition) is 5. The Kier molecular flexibility index (Phi) is 13.6. The van der Waals surface area contributed by atoms with Crippen molar-refractivity contribution in [2.45, 2.75) is 33.3 Å². The zero-order chi connectivity index (χ0) is 13.0. The molecule has 0 aromatic rings. The van der Waals surface area contributed by atoms with Crippen molar-refractivity contribution in [1.29, 1.82) is 0 Å². The second-order valence-electron chi connectivity index (χ2n) is 3.59. The van der Waals surface area contributed by atoms with E-state index in [0.29, 0.717) is 0 Å². The third kappa shape index (κ3) is 16.7. The van der Waals surface area contributed by atoms with Crippen molar-refractivity contribution in [3.05, 3.63) is 0 Å². The Hall–Kier alpha value is 0.234. The highest BCUT2D eigenvalue weighted by Crippen LogP contribution is 2.08. The SMILES string of the molecule is CCO[Si]OC.CO[Si](OC)OC(C)(C)C. The van der Waals surface area contributed by atoms with Crippen molar-refractivity contribution in [3.8, 4) is 0 Å². The number of hydrogen-bond donors (Lipinski definition) is 0. The van der Waals surface area contributed by atoms with Crippen LogP contribution in [0.5, 0.6) is 0 Å². The molecule has 7 heteroatoms. The quantitative estimate of drug-likeness (QED) is 0.536. The van der Waals surface area contributed by atoms with Crippen LogP contribution in [-0.4, -0.2) is 53.1 Å². The van der Waals surface area contributed by atoms with Crippen molar-refractivity contribution in [3.63, 3.8) is 0 Å². The standard InChI is InChI=1S/C6H15O3Si.C3H8O2Si/c1-6(2,3)9-10(7-4)8-5;1-3-5-6-4-2/h1-5H3;3H2,1-2H3. The van der Waals surface area contributed by atoms with Gasteiger partial charge >= 0.3 is 19.5 Å². The smallest absolute Gasteiger partial charge is 0.396 e. The zero-order valence-corrected chi connectivity index (χ0v) is 13.2. The van der Waals surface area contributed by atoms with Crippen molar-refractivity contribution in [1.82, 2.24) is 0 Å². The molecule has 0 fully saturated rings. The van der Waals surface area contributed by atoms with Crippen LogP contribution >= 0.6 is 0 Å². The maximum Gasteiger partial charge on any atom is 0.577 e. The lowest BCUT2D eigenvalue weighted by Gasteiger charge is -2.22. The van der Waals surface area contributed by atoms with E-state index >= 15 is 0 Å². The minimum absolute atomic E-state index is 0.180. The van der Waals surface area contributed by atoms with Crippen LogP contribution < -0.4 is 0 Å². The average Bonchev–Trinajstić information content (AvgIpc) is 2.22. The Balaban J connectivity index is 0. The van der Waals surface area contributed by atoms with Gasteiger partial charge in [0.15, 0.2) is 0 Å². The van der Waals surface area contributed by atoms with Gasteiger partial charge in [0, 0.05) is 27.9 Å². The molecule has 5 nitrogen and oxygen atoms in total. The fourth-order valence-electron chi connectivity index (χ4n) is 0.535. The largest absolute Gasteiger partial charge is 0.577 e. The predicted molar refractivity (Wildman–Crippen MR) is 65.0 cm³/mol. The normalized spacial score (nSPS) is 11.2. The summed E-state index contributed by atoms with van der Waals surface area (Å²) in [5.41, 5.74) is -0.180. The van der Waals surface area contributed by atoms with Crippen LogP contribution in [0.4, 0.5) is 0 Å². The van der Waals surface area contributed by atoms with Gasteiger partial charge in [-0.15, -0.1) is 0 Å². The van der Waals surface area contributed by atoms with Gasteiger partial charge < -0.3 is 22.1 Å². The highest BCUT2D eigenvalue weighted by Gasteiger charge is 2.23. The van der Waals surface area contributed by atoms with Gasteiger partial charge in [-0.3, -0.25) is 0 Å². The van der Waals surface area contributed by atoms with Crippen molar-refractivity contribution < 1.29 is 22.1 Å². The fraction of sp³-hybridized carbons (Fsp3) is 1.00. The van der Waals surface area contributed by atoms with Gasteiger partial charge in [-0.05, 0) is 27.7 Å². The molecule has 0 spiro atoms. The van der Waals surface area contributed by atoms with E-state index < -0.39 is 9.53 Å². The minimum Gasteiger partial charge on any atom is -0.396 e. The van der Waals surface area contributed by atoms with Crippen LogP contribution in [-0.2, 0) is 22.1 Å². The third-order valence-electron chi connectivity index (χ3n) is 1.01. The highest BCUT2D eigenvalue weighted by atomic mass is 28.3.